The number of carbonyl (C=O) groups excluding carboxylic acids is 4. The van der Waals surface area contributed by atoms with E-state index in [1.807, 2.05) is 27.4 Å². The molecule has 1 heterocycles. The van der Waals surface area contributed by atoms with Crippen molar-refractivity contribution in [1.29, 1.82) is 0 Å². The SMILES string of the molecule is C=[P+](C)CC(NC(=O)C(CC(N)=O)NC(C)=O)C(O)CN1CC2CCCCC2CC1C(=O)NC(C)(C)C. The van der Waals surface area contributed by atoms with E-state index in [-0.39, 0.29) is 30.5 Å². The standard InChI is InChI=1S/C26H46N5O5P/c1-16(32)28-19(12-23(27)34)24(35)29-20(15-37(5)6)22(33)14-31-13-18-10-8-7-9-17(18)11-21(31)25(36)30-26(2,3)4/h17-22,33H,5,7-15H2,1-4,6H3,(H4-,27,28,29,30,32,34,35,36)/p+1. The maximum Gasteiger partial charge on any atom is 0.243 e. The minimum atomic E-state index is -1.12. The first-order valence-electron chi connectivity index (χ1n) is 13.3. The lowest BCUT2D eigenvalue weighted by molar-refractivity contribution is -0.133. The smallest absolute Gasteiger partial charge is 0.243 e. The van der Waals surface area contributed by atoms with Crippen LogP contribution in [0.25, 0.3) is 0 Å². The van der Waals surface area contributed by atoms with Crippen molar-refractivity contribution in [3.63, 3.8) is 0 Å². The van der Waals surface area contributed by atoms with Crippen LogP contribution in [0.5, 0.6) is 0 Å². The van der Waals surface area contributed by atoms with Gasteiger partial charge in [-0.25, -0.2) is 0 Å². The van der Waals surface area contributed by atoms with Gasteiger partial charge < -0.3 is 26.8 Å². The molecule has 2 rings (SSSR count). The summed E-state index contributed by atoms with van der Waals surface area (Å²) < 4.78 is 0. The van der Waals surface area contributed by atoms with E-state index < -0.39 is 43.5 Å². The van der Waals surface area contributed by atoms with Gasteiger partial charge in [-0.1, -0.05) is 19.3 Å². The predicted octanol–water partition coefficient (Wildman–Crippen LogP) is 0.551. The molecule has 1 saturated heterocycles. The summed E-state index contributed by atoms with van der Waals surface area (Å²) in [7, 11) is -0.735. The lowest BCUT2D eigenvalue weighted by Gasteiger charge is -2.47. The number of nitrogens with one attached hydrogen (secondary N) is 3. The largest absolute Gasteiger partial charge is 0.389 e. The Balaban J connectivity index is 2.21. The molecule has 0 radical (unpaired) electrons. The maximum absolute atomic E-state index is 13.3. The summed E-state index contributed by atoms with van der Waals surface area (Å²) in [6, 6.07) is -2.13. The first-order chi connectivity index (χ1) is 17.2. The van der Waals surface area contributed by atoms with Gasteiger partial charge in [0, 0.05) is 25.6 Å². The number of primary amides is 1. The summed E-state index contributed by atoms with van der Waals surface area (Å²) in [5, 5.41) is 19.7. The third-order valence-electron chi connectivity index (χ3n) is 7.12. The quantitative estimate of drug-likeness (QED) is 0.241. The van der Waals surface area contributed by atoms with Crippen molar-refractivity contribution >= 4 is 37.5 Å². The van der Waals surface area contributed by atoms with Gasteiger partial charge in [-0.15, -0.1) is 0 Å². The molecule has 1 saturated carbocycles. The molecule has 0 bridgehead atoms. The number of nitrogens with two attached hydrogens (primary N) is 1. The predicted molar refractivity (Wildman–Crippen MR) is 148 cm³/mol. The number of aliphatic hydroxyl groups excluding tert-OH is 1. The Morgan fingerprint density at radius 1 is 1.14 bits per heavy atom. The van der Waals surface area contributed by atoms with Gasteiger partial charge in [-0.05, 0) is 45.4 Å². The zero-order valence-corrected chi connectivity index (χ0v) is 24.0. The number of nitrogens with zero attached hydrogens (tertiary/aromatic N) is 1. The second-order valence-electron chi connectivity index (χ2n) is 11.9. The van der Waals surface area contributed by atoms with Crippen LogP contribution in [-0.4, -0.2) is 95.6 Å². The highest BCUT2D eigenvalue weighted by Crippen LogP contribution is 2.39. The van der Waals surface area contributed by atoms with Gasteiger partial charge in [0.1, 0.15) is 12.2 Å². The van der Waals surface area contributed by atoms with Crippen molar-refractivity contribution in [2.75, 3.05) is 25.9 Å². The zero-order chi connectivity index (χ0) is 27.9. The highest BCUT2D eigenvalue weighted by atomic mass is 31.1. The van der Waals surface area contributed by atoms with Gasteiger partial charge in [0.2, 0.25) is 23.6 Å². The molecule has 6 N–H and O–H groups in total. The van der Waals surface area contributed by atoms with Crippen molar-refractivity contribution in [3.8, 4) is 0 Å². The lowest BCUT2D eigenvalue weighted by atomic mass is 9.72. The van der Waals surface area contributed by atoms with Gasteiger partial charge in [-0.2, -0.15) is 0 Å². The van der Waals surface area contributed by atoms with Crippen molar-refractivity contribution in [3.05, 3.63) is 0 Å². The van der Waals surface area contributed by atoms with E-state index in [4.69, 9.17) is 5.73 Å². The van der Waals surface area contributed by atoms with Crippen LogP contribution < -0.4 is 21.7 Å². The van der Waals surface area contributed by atoms with Gasteiger partial charge in [-0.3, -0.25) is 24.1 Å². The molecule has 37 heavy (non-hydrogen) atoms. The molecule has 7 unspecified atom stereocenters. The molecule has 0 spiro atoms. The number of hydrogen-bond acceptors (Lipinski definition) is 6. The summed E-state index contributed by atoms with van der Waals surface area (Å²) in [6.07, 6.45) is 8.60. The van der Waals surface area contributed by atoms with Crippen LogP contribution in [0.2, 0.25) is 0 Å². The second kappa shape index (κ2) is 13.7. The van der Waals surface area contributed by atoms with E-state index in [1.54, 1.807) is 0 Å². The molecule has 0 aromatic carbocycles. The van der Waals surface area contributed by atoms with Gasteiger partial charge in [0.25, 0.3) is 0 Å². The monoisotopic (exact) mass is 540 g/mol. The average Bonchev–Trinajstić information content (AvgIpc) is 2.75. The fourth-order valence-electron chi connectivity index (χ4n) is 5.53. The number of fused-ring (bicyclic) bond motifs is 1. The summed E-state index contributed by atoms with van der Waals surface area (Å²) in [4.78, 5) is 51.4. The van der Waals surface area contributed by atoms with E-state index in [0.29, 0.717) is 18.0 Å². The maximum atomic E-state index is 13.3. The number of aliphatic hydroxyl groups is 1. The van der Waals surface area contributed by atoms with Gasteiger partial charge >= 0.3 is 0 Å². The zero-order valence-electron chi connectivity index (χ0n) is 23.1. The fraction of sp³-hybridized carbons (Fsp3) is 0.808. The summed E-state index contributed by atoms with van der Waals surface area (Å²) in [5.74, 6) is -0.804. The second-order valence-corrected chi connectivity index (χ2v) is 14.0. The normalized spacial score (nSPS) is 25.1. The number of rotatable bonds is 11. The molecule has 2 fully saturated rings. The van der Waals surface area contributed by atoms with Gasteiger partial charge in [0.05, 0.1) is 45.1 Å². The summed E-state index contributed by atoms with van der Waals surface area (Å²) in [6.45, 7) is 10.0. The Bertz CT molecular complexity index is 845. The molecule has 210 valence electrons. The Hall–Kier alpha value is -2.03. The highest BCUT2D eigenvalue weighted by molar-refractivity contribution is 7.55. The molecule has 0 aromatic rings. The molecule has 11 heteroatoms. The van der Waals surface area contributed by atoms with Crippen molar-refractivity contribution in [2.45, 2.75) is 96.0 Å². The van der Waals surface area contributed by atoms with E-state index >= 15 is 0 Å². The number of hydrogen-bond donors (Lipinski definition) is 5. The molecule has 4 amide bonds. The third-order valence-corrected chi connectivity index (χ3v) is 8.14. The number of amides is 4. The van der Waals surface area contributed by atoms with E-state index in [2.05, 4.69) is 27.1 Å². The molecule has 10 nitrogen and oxygen atoms in total. The topological polar surface area (TPSA) is 154 Å². The van der Waals surface area contributed by atoms with E-state index in [0.717, 1.165) is 25.8 Å². The van der Waals surface area contributed by atoms with Crippen LogP contribution >= 0.6 is 7.55 Å². The Morgan fingerprint density at radius 3 is 2.30 bits per heavy atom. The van der Waals surface area contributed by atoms with Crippen LogP contribution in [0, 0.1) is 11.8 Å². The van der Waals surface area contributed by atoms with Crippen LogP contribution in [-0.2, 0) is 19.2 Å². The first-order valence-corrected chi connectivity index (χ1v) is 15.4. The van der Waals surface area contributed by atoms with Crippen LogP contribution in [0.4, 0.5) is 0 Å². The Labute approximate surface area is 222 Å². The molecule has 1 aliphatic carbocycles. The summed E-state index contributed by atoms with van der Waals surface area (Å²) >= 11 is 0. The minimum absolute atomic E-state index is 0.0357. The number of likely N-dealkylation sites (tertiary alicyclic amines) is 1. The molecule has 7 atom stereocenters. The average molecular weight is 541 g/mol. The molecule has 0 aromatic heterocycles. The van der Waals surface area contributed by atoms with Crippen molar-refractivity contribution in [1.82, 2.24) is 20.9 Å². The van der Waals surface area contributed by atoms with Crippen LogP contribution in [0.3, 0.4) is 0 Å². The Morgan fingerprint density at radius 2 is 1.76 bits per heavy atom. The van der Waals surface area contributed by atoms with Gasteiger partial charge in [0.15, 0.2) is 0 Å². The van der Waals surface area contributed by atoms with E-state index in [1.165, 1.54) is 19.8 Å². The van der Waals surface area contributed by atoms with Crippen LogP contribution in [0.1, 0.15) is 66.2 Å². The number of carbonyl (C=O) groups is 4. The van der Waals surface area contributed by atoms with Crippen molar-refractivity contribution < 1.29 is 24.3 Å². The Kier molecular flexibility index (Phi) is 11.5. The lowest BCUT2D eigenvalue weighted by Crippen LogP contribution is -2.61. The molecular formula is C26H47N5O5P+. The van der Waals surface area contributed by atoms with E-state index in [9.17, 15) is 24.3 Å². The highest BCUT2D eigenvalue weighted by Gasteiger charge is 2.42. The van der Waals surface area contributed by atoms with Crippen molar-refractivity contribution in [2.24, 2.45) is 17.6 Å². The fourth-order valence-corrected chi connectivity index (χ4v) is 6.54. The molecule has 1 aliphatic heterocycles. The molecule has 2 aliphatic rings. The minimum Gasteiger partial charge on any atom is -0.389 e. The third kappa shape index (κ3) is 10.3. The number of piperidine rings is 1. The molecular weight excluding hydrogens is 493 g/mol. The summed E-state index contributed by atoms with van der Waals surface area (Å²) in [5.41, 5.74) is 4.90. The first kappa shape index (κ1) is 31.2. The van der Waals surface area contributed by atoms with Crippen LogP contribution in [0.15, 0.2) is 0 Å². The number of β-amino-alcohol motifs (C(OH)–C–C–N with tert-alkyl or cyclic N) is 1.